The lowest BCUT2D eigenvalue weighted by atomic mass is 10.1. The van der Waals surface area contributed by atoms with Crippen molar-refractivity contribution in [2.24, 2.45) is 10.2 Å². The molecule has 4 aromatic rings. The fraction of sp³-hybridized carbons (Fsp3) is 0.125. The Morgan fingerprint density at radius 1 is 1.12 bits per heavy atom. The quantitative estimate of drug-likeness (QED) is 0.205. The molecule has 0 aliphatic carbocycles. The number of halogens is 2. The smallest absolute Gasteiger partial charge is 0.221 e. The maximum absolute atomic E-state index is 11.0. The van der Waals surface area contributed by atoms with Gasteiger partial charge in [-0.3, -0.25) is 0 Å². The highest BCUT2D eigenvalue weighted by atomic mass is 79.9. The Morgan fingerprint density at radius 2 is 1.88 bits per heavy atom. The number of hydrogen-bond acceptors (Lipinski definition) is 3. The molecule has 0 saturated carbocycles. The van der Waals surface area contributed by atoms with Crippen molar-refractivity contribution in [2.45, 2.75) is 19.9 Å². The number of thiocarbonyl (C=S) groups is 1. The lowest BCUT2D eigenvalue weighted by molar-refractivity contribution is 0.429. The average Bonchev–Trinajstić information content (AvgIpc) is 3.04. The number of azo groups is 1. The van der Waals surface area contributed by atoms with Crippen LogP contribution in [0, 0.1) is 0 Å². The van der Waals surface area contributed by atoms with Crippen LogP contribution in [0.2, 0.25) is 5.02 Å². The largest absolute Gasteiger partial charge is 0.493 e. The maximum atomic E-state index is 11.0. The summed E-state index contributed by atoms with van der Waals surface area (Å²) in [5, 5.41) is 24.3. The second kappa shape index (κ2) is 9.81. The van der Waals surface area contributed by atoms with E-state index in [1.54, 1.807) is 4.57 Å². The second-order valence-electron chi connectivity index (χ2n) is 7.19. The van der Waals surface area contributed by atoms with Crippen molar-refractivity contribution in [3.63, 3.8) is 0 Å². The van der Waals surface area contributed by atoms with Crippen molar-refractivity contribution in [3.05, 3.63) is 87.4 Å². The van der Waals surface area contributed by atoms with Gasteiger partial charge in [-0.2, -0.15) is 0 Å². The maximum Gasteiger partial charge on any atom is 0.221 e. The van der Waals surface area contributed by atoms with Gasteiger partial charge in [0.15, 0.2) is 5.69 Å². The molecule has 8 heteroatoms. The first kappa shape index (κ1) is 22.5. The third-order valence-electron chi connectivity index (χ3n) is 5.11. The first-order valence-corrected chi connectivity index (χ1v) is 11.6. The van der Waals surface area contributed by atoms with Crippen LogP contribution >= 0.6 is 39.7 Å². The monoisotopic (exact) mass is 526 g/mol. The zero-order valence-corrected chi connectivity index (χ0v) is 20.4. The van der Waals surface area contributed by atoms with E-state index in [1.807, 2.05) is 66.7 Å². The Kier molecular flexibility index (Phi) is 6.89. The van der Waals surface area contributed by atoms with Crippen LogP contribution in [0.1, 0.15) is 18.1 Å². The van der Waals surface area contributed by atoms with Gasteiger partial charge >= 0.3 is 0 Å². The molecule has 0 spiro atoms. The molecular weight excluding hydrogens is 508 g/mol. The number of aromatic hydroxyl groups is 1. The molecule has 1 aromatic heterocycles. The fourth-order valence-electron chi connectivity index (χ4n) is 3.51. The van der Waals surface area contributed by atoms with E-state index < -0.39 is 0 Å². The van der Waals surface area contributed by atoms with E-state index in [0.29, 0.717) is 17.3 Å². The van der Waals surface area contributed by atoms with E-state index in [-0.39, 0.29) is 11.0 Å². The predicted octanol–water partition coefficient (Wildman–Crippen LogP) is 7.85. The van der Waals surface area contributed by atoms with Crippen LogP contribution in [0.4, 0.5) is 11.4 Å². The van der Waals surface area contributed by atoms with Gasteiger partial charge in [0.25, 0.3) is 0 Å². The zero-order valence-electron chi connectivity index (χ0n) is 17.2. The average molecular weight is 528 g/mol. The number of benzene rings is 3. The Balaban J connectivity index is 1.67. The number of aryl methyl sites for hydroxylation is 1. The molecule has 0 fully saturated rings. The summed E-state index contributed by atoms with van der Waals surface area (Å²) in [6.45, 7) is 2.54. The van der Waals surface area contributed by atoms with Crippen LogP contribution in [-0.2, 0) is 13.0 Å². The molecule has 2 N–H and O–H groups in total. The number of nitrogens with zero attached hydrogens (tertiary/aromatic N) is 3. The van der Waals surface area contributed by atoms with Gasteiger partial charge in [-0.05, 0) is 66.2 Å². The number of hydrogen-bond donors (Lipinski definition) is 2. The van der Waals surface area contributed by atoms with E-state index in [4.69, 9.17) is 23.8 Å². The van der Waals surface area contributed by atoms with Gasteiger partial charge in [0, 0.05) is 20.6 Å². The molecule has 0 bridgehead atoms. The van der Waals surface area contributed by atoms with E-state index in [1.165, 1.54) is 0 Å². The number of anilines is 1. The fourth-order valence-corrected chi connectivity index (χ4v) is 4.15. The SMILES string of the molecule is CCc1ccccc1NC(=S)N=Nc1c(O)n(Cc2ccc(Cl)cc2)c2ccc(Br)cc12. The van der Waals surface area contributed by atoms with Crippen LogP contribution < -0.4 is 5.32 Å². The number of fused-ring (bicyclic) bond motifs is 1. The van der Waals surface area contributed by atoms with Crippen molar-refractivity contribution in [1.29, 1.82) is 0 Å². The summed E-state index contributed by atoms with van der Waals surface area (Å²) >= 11 is 14.9. The Hall–Kier alpha value is -2.74. The lowest BCUT2D eigenvalue weighted by Gasteiger charge is -2.08. The van der Waals surface area contributed by atoms with E-state index >= 15 is 0 Å². The minimum atomic E-state index is 0.0218. The van der Waals surface area contributed by atoms with Crippen molar-refractivity contribution in [3.8, 4) is 5.88 Å². The minimum Gasteiger partial charge on any atom is -0.493 e. The third kappa shape index (κ3) is 4.85. The number of para-hydroxylation sites is 1. The summed E-state index contributed by atoms with van der Waals surface area (Å²) in [4.78, 5) is 0. The number of nitrogens with one attached hydrogen (secondary N) is 1. The van der Waals surface area contributed by atoms with Gasteiger partial charge in [0.2, 0.25) is 11.0 Å². The second-order valence-corrected chi connectivity index (χ2v) is 8.93. The molecule has 32 heavy (non-hydrogen) atoms. The molecule has 4 rings (SSSR count). The van der Waals surface area contributed by atoms with Crippen LogP contribution in [0.3, 0.4) is 0 Å². The summed E-state index contributed by atoms with van der Waals surface area (Å²) in [6.07, 6.45) is 0.871. The van der Waals surface area contributed by atoms with Crippen molar-refractivity contribution in [2.75, 3.05) is 5.32 Å². The molecule has 1 heterocycles. The molecule has 0 amide bonds. The van der Waals surface area contributed by atoms with E-state index in [0.717, 1.165) is 38.6 Å². The van der Waals surface area contributed by atoms with Gasteiger partial charge in [-0.25, -0.2) is 0 Å². The minimum absolute atomic E-state index is 0.0218. The Labute approximate surface area is 204 Å². The molecule has 0 saturated heterocycles. The molecule has 5 nitrogen and oxygen atoms in total. The van der Waals surface area contributed by atoms with Crippen molar-refractivity contribution >= 4 is 67.1 Å². The number of rotatable bonds is 5. The Bertz CT molecular complexity index is 1320. The van der Waals surface area contributed by atoms with E-state index in [2.05, 4.69) is 38.4 Å². The molecule has 0 aliphatic rings. The van der Waals surface area contributed by atoms with Crippen LogP contribution in [0.25, 0.3) is 10.9 Å². The molecule has 0 atom stereocenters. The summed E-state index contributed by atoms with van der Waals surface area (Å²) in [7, 11) is 0. The highest BCUT2D eigenvalue weighted by molar-refractivity contribution is 9.10. The Morgan fingerprint density at radius 3 is 2.62 bits per heavy atom. The normalized spacial score (nSPS) is 11.3. The predicted molar refractivity (Wildman–Crippen MR) is 138 cm³/mol. The van der Waals surface area contributed by atoms with Gasteiger partial charge in [0.1, 0.15) is 0 Å². The molecule has 0 radical (unpaired) electrons. The van der Waals surface area contributed by atoms with Crippen molar-refractivity contribution in [1.82, 2.24) is 4.57 Å². The topological polar surface area (TPSA) is 61.9 Å². The van der Waals surface area contributed by atoms with Crippen LogP contribution in [-0.4, -0.2) is 14.8 Å². The standard InChI is InChI=1S/C24H20BrClN4OS/c1-2-16-5-3-4-6-20(16)27-24(32)29-28-22-19-13-17(25)9-12-21(19)30(23(22)31)14-15-7-10-18(26)11-8-15/h3-13,31H,2,14H2,1H3,(H,27,32). The first-order chi connectivity index (χ1) is 15.5. The van der Waals surface area contributed by atoms with Crippen molar-refractivity contribution < 1.29 is 5.11 Å². The molecule has 162 valence electrons. The summed E-state index contributed by atoms with van der Waals surface area (Å²) in [5.74, 6) is 0.0218. The van der Waals surface area contributed by atoms with Crippen LogP contribution in [0.5, 0.6) is 5.88 Å². The summed E-state index contributed by atoms with van der Waals surface area (Å²) < 4.78 is 2.67. The molecule has 0 aliphatic heterocycles. The summed E-state index contributed by atoms with van der Waals surface area (Å²) in [5.41, 5.74) is 4.24. The molecule has 0 unspecified atom stereocenters. The van der Waals surface area contributed by atoms with Crippen LogP contribution in [0.15, 0.2) is 81.4 Å². The third-order valence-corrected chi connectivity index (χ3v) is 6.04. The molecular formula is C24H20BrClN4OS. The molecule has 3 aromatic carbocycles. The van der Waals surface area contributed by atoms with E-state index in [9.17, 15) is 5.11 Å². The first-order valence-electron chi connectivity index (χ1n) is 10.0. The summed E-state index contributed by atoms with van der Waals surface area (Å²) in [6, 6.07) is 21.2. The van der Waals surface area contributed by atoms with Gasteiger partial charge in [0.05, 0.1) is 12.1 Å². The van der Waals surface area contributed by atoms with Gasteiger partial charge in [-0.1, -0.05) is 64.8 Å². The lowest BCUT2D eigenvalue weighted by Crippen LogP contribution is -2.07. The zero-order chi connectivity index (χ0) is 22.7. The highest BCUT2D eigenvalue weighted by Crippen LogP contribution is 2.40. The van der Waals surface area contributed by atoms with Gasteiger partial charge in [-0.15, -0.1) is 10.2 Å². The number of aromatic nitrogens is 1. The van der Waals surface area contributed by atoms with Gasteiger partial charge < -0.3 is 15.0 Å². The highest BCUT2D eigenvalue weighted by Gasteiger charge is 2.17.